The largest absolute Gasteiger partial charge is 0.376 e. The van der Waals surface area contributed by atoms with Crippen LogP contribution in [-0.2, 0) is 9.47 Å². The highest BCUT2D eigenvalue weighted by atomic mass is 35.5. The van der Waals surface area contributed by atoms with E-state index in [2.05, 4.69) is 10.1 Å². The molecule has 0 aliphatic carbocycles. The molecule has 1 fully saturated rings. The fraction of sp³-hybridized carbons (Fsp3) is 0.385. The van der Waals surface area contributed by atoms with E-state index in [4.69, 9.17) is 32.7 Å². The Bertz CT molecular complexity index is 624. The van der Waals surface area contributed by atoms with Gasteiger partial charge in [-0.15, -0.1) is 0 Å². The average Bonchev–Trinajstić information content (AvgIpc) is 2.84. The zero-order valence-electron chi connectivity index (χ0n) is 10.8. The number of aryl methyl sites for hydroxylation is 1. The Hall–Kier alpha value is -1.14. The average molecular weight is 314 g/mol. The number of hydrogen-bond acceptors (Lipinski definition) is 4. The Morgan fingerprint density at radius 1 is 1.30 bits per heavy atom. The van der Waals surface area contributed by atoms with Crippen LogP contribution in [-0.4, -0.2) is 34.6 Å². The van der Waals surface area contributed by atoms with Gasteiger partial charge in [0.2, 0.25) is 0 Å². The van der Waals surface area contributed by atoms with Crippen LogP contribution < -0.4 is 0 Å². The molecule has 1 aromatic carbocycles. The smallest absolute Gasteiger partial charge is 0.163 e. The van der Waals surface area contributed by atoms with Crippen LogP contribution in [0.4, 0.5) is 0 Å². The van der Waals surface area contributed by atoms with Crippen LogP contribution in [0, 0.1) is 6.92 Å². The normalized spacial score (nSPS) is 19.2. The van der Waals surface area contributed by atoms with E-state index in [9.17, 15) is 0 Å². The zero-order valence-corrected chi connectivity index (χ0v) is 12.4. The Labute approximate surface area is 126 Å². The monoisotopic (exact) mass is 313 g/mol. The molecule has 1 aliphatic rings. The minimum Gasteiger partial charge on any atom is -0.376 e. The third-order valence-corrected chi connectivity index (χ3v) is 3.53. The van der Waals surface area contributed by atoms with Crippen molar-refractivity contribution in [2.75, 3.05) is 19.8 Å². The van der Waals surface area contributed by atoms with Gasteiger partial charge in [-0.3, -0.25) is 0 Å². The summed E-state index contributed by atoms with van der Waals surface area (Å²) < 4.78 is 12.8. The van der Waals surface area contributed by atoms with Gasteiger partial charge in [0.25, 0.3) is 0 Å². The van der Waals surface area contributed by atoms with Crippen molar-refractivity contribution in [3.8, 4) is 5.69 Å². The molecule has 1 aliphatic heterocycles. The van der Waals surface area contributed by atoms with Crippen molar-refractivity contribution in [1.82, 2.24) is 14.8 Å². The molecule has 1 aromatic heterocycles. The Morgan fingerprint density at radius 3 is 2.90 bits per heavy atom. The summed E-state index contributed by atoms with van der Waals surface area (Å²) in [6.07, 6.45) is -0.250. The van der Waals surface area contributed by atoms with Crippen molar-refractivity contribution < 1.29 is 9.47 Å². The highest BCUT2D eigenvalue weighted by Crippen LogP contribution is 2.28. The van der Waals surface area contributed by atoms with E-state index < -0.39 is 0 Å². The van der Waals surface area contributed by atoms with Crippen molar-refractivity contribution in [1.29, 1.82) is 0 Å². The minimum absolute atomic E-state index is 0.250. The molecule has 0 N–H and O–H groups in total. The van der Waals surface area contributed by atoms with Crippen LogP contribution in [0.15, 0.2) is 18.2 Å². The lowest BCUT2D eigenvalue weighted by Gasteiger charge is -2.22. The number of aromatic nitrogens is 3. The van der Waals surface area contributed by atoms with Gasteiger partial charge in [-0.25, -0.2) is 9.67 Å². The third kappa shape index (κ3) is 2.67. The molecule has 5 nitrogen and oxygen atoms in total. The molecule has 7 heteroatoms. The summed E-state index contributed by atoms with van der Waals surface area (Å²) in [6.45, 7) is 3.42. The quantitative estimate of drug-likeness (QED) is 0.855. The number of ether oxygens (including phenoxy) is 2. The molecule has 0 amide bonds. The number of hydrogen-bond donors (Lipinski definition) is 0. The maximum atomic E-state index is 6.23. The second-order valence-electron chi connectivity index (χ2n) is 4.46. The first-order valence-corrected chi connectivity index (χ1v) is 6.99. The van der Waals surface area contributed by atoms with Crippen molar-refractivity contribution in [3.63, 3.8) is 0 Å². The highest BCUT2D eigenvalue weighted by Gasteiger charge is 2.24. The second-order valence-corrected chi connectivity index (χ2v) is 5.30. The van der Waals surface area contributed by atoms with Gasteiger partial charge in [0, 0.05) is 5.02 Å². The molecule has 0 bridgehead atoms. The maximum absolute atomic E-state index is 6.23. The molecule has 2 aromatic rings. The van der Waals surface area contributed by atoms with Crippen LogP contribution in [0.5, 0.6) is 0 Å². The van der Waals surface area contributed by atoms with E-state index in [0.717, 1.165) is 0 Å². The van der Waals surface area contributed by atoms with E-state index in [1.807, 2.05) is 6.92 Å². The molecule has 3 rings (SSSR count). The number of nitrogens with zero attached hydrogens (tertiary/aromatic N) is 3. The summed E-state index contributed by atoms with van der Waals surface area (Å²) in [4.78, 5) is 4.43. The van der Waals surface area contributed by atoms with Gasteiger partial charge < -0.3 is 9.47 Å². The number of halogens is 2. The van der Waals surface area contributed by atoms with Gasteiger partial charge in [0.15, 0.2) is 5.82 Å². The summed E-state index contributed by atoms with van der Waals surface area (Å²) in [5.74, 6) is 1.32. The molecule has 0 spiro atoms. The molecular formula is C13H13Cl2N3O2. The lowest BCUT2D eigenvalue weighted by atomic mass is 10.3. The van der Waals surface area contributed by atoms with Crippen LogP contribution >= 0.6 is 23.2 Å². The van der Waals surface area contributed by atoms with Gasteiger partial charge in [0.1, 0.15) is 11.9 Å². The highest BCUT2D eigenvalue weighted by molar-refractivity contribution is 6.34. The predicted molar refractivity (Wildman–Crippen MR) is 75.6 cm³/mol. The number of rotatable bonds is 2. The topological polar surface area (TPSA) is 49.2 Å². The molecule has 2 heterocycles. The Kier molecular flexibility index (Phi) is 3.94. The summed E-state index contributed by atoms with van der Waals surface area (Å²) in [5.41, 5.74) is 0.684. The van der Waals surface area contributed by atoms with Crippen molar-refractivity contribution in [3.05, 3.63) is 39.9 Å². The Morgan fingerprint density at radius 2 is 2.15 bits per heavy atom. The van der Waals surface area contributed by atoms with Gasteiger partial charge in [0.05, 0.1) is 30.5 Å². The molecule has 20 heavy (non-hydrogen) atoms. The molecule has 1 unspecified atom stereocenters. The van der Waals surface area contributed by atoms with E-state index in [-0.39, 0.29) is 6.10 Å². The molecule has 0 saturated carbocycles. The van der Waals surface area contributed by atoms with Crippen molar-refractivity contribution in [2.24, 2.45) is 0 Å². The van der Waals surface area contributed by atoms with E-state index in [0.29, 0.717) is 47.2 Å². The lowest BCUT2D eigenvalue weighted by Crippen LogP contribution is -2.24. The molecule has 0 radical (unpaired) electrons. The summed E-state index contributed by atoms with van der Waals surface area (Å²) in [5, 5.41) is 5.53. The molecular weight excluding hydrogens is 301 g/mol. The van der Waals surface area contributed by atoms with Gasteiger partial charge in [-0.2, -0.15) is 5.10 Å². The predicted octanol–water partition coefficient (Wildman–Crippen LogP) is 2.97. The van der Waals surface area contributed by atoms with Crippen LogP contribution in [0.25, 0.3) is 5.69 Å². The van der Waals surface area contributed by atoms with E-state index in [1.54, 1.807) is 22.9 Å². The molecule has 1 saturated heterocycles. The number of benzene rings is 1. The second kappa shape index (κ2) is 5.69. The van der Waals surface area contributed by atoms with Crippen LogP contribution in [0.3, 0.4) is 0 Å². The first kappa shape index (κ1) is 13.8. The summed E-state index contributed by atoms with van der Waals surface area (Å²) in [7, 11) is 0. The summed E-state index contributed by atoms with van der Waals surface area (Å²) >= 11 is 12.3. The summed E-state index contributed by atoms with van der Waals surface area (Å²) in [6, 6.07) is 5.22. The third-order valence-electron chi connectivity index (χ3n) is 2.98. The van der Waals surface area contributed by atoms with E-state index in [1.165, 1.54) is 0 Å². The van der Waals surface area contributed by atoms with Crippen molar-refractivity contribution >= 4 is 23.2 Å². The van der Waals surface area contributed by atoms with Crippen molar-refractivity contribution in [2.45, 2.75) is 13.0 Å². The first-order valence-electron chi connectivity index (χ1n) is 6.23. The fourth-order valence-electron chi connectivity index (χ4n) is 2.10. The maximum Gasteiger partial charge on any atom is 0.163 e. The SMILES string of the molecule is Cc1nc(C2COCCO2)n(-c2cc(Cl)ccc2Cl)n1. The van der Waals surface area contributed by atoms with Gasteiger partial charge in [-0.05, 0) is 25.1 Å². The van der Waals surface area contributed by atoms with E-state index >= 15 is 0 Å². The molecule has 106 valence electrons. The molecule has 1 atom stereocenters. The van der Waals surface area contributed by atoms with Gasteiger partial charge in [-0.1, -0.05) is 23.2 Å². The standard InChI is InChI=1S/C13H13Cl2N3O2/c1-8-16-13(12-7-19-4-5-20-12)18(17-8)11-6-9(14)2-3-10(11)15/h2-3,6,12H,4-5,7H2,1H3. The minimum atomic E-state index is -0.250. The Balaban J connectivity index is 2.06. The van der Waals surface area contributed by atoms with Crippen LogP contribution in [0.1, 0.15) is 17.8 Å². The van der Waals surface area contributed by atoms with Crippen LogP contribution in [0.2, 0.25) is 10.0 Å². The van der Waals surface area contributed by atoms with Gasteiger partial charge >= 0.3 is 0 Å². The first-order chi connectivity index (χ1) is 9.65. The zero-order chi connectivity index (χ0) is 14.1. The fourth-order valence-corrected chi connectivity index (χ4v) is 2.47. The lowest BCUT2D eigenvalue weighted by molar-refractivity contribution is -0.0942.